The fourth-order valence-corrected chi connectivity index (χ4v) is 4.31. The second kappa shape index (κ2) is 9.01. The minimum absolute atomic E-state index is 0.0913. The minimum Gasteiger partial charge on any atom is -0.507 e. The van der Waals surface area contributed by atoms with Gasteiger partial charge < -0.3 is 14.6 Å². The van der Waals surface area contributed by atoms with Crippen LogP contribution in [0.2, 0.25) is 5.02 Å². The van der Waals surface area contributed by atoms with Crippen LogP contribution in [0, 0.1) is 13.8 Å². The number of nitrogens with zero attached hydrogens (tertiary/aromatic N) is 3. The van der Waals surface area contributed by atoms with E-state index in [-0.39, 0.29) is 11.3 Å². The molecule has 32 heavy (non-hydrogen) atoms. The first-order valence-corrected chi connectivity index (χ1v) is 10.8. The molecule has 1 fully saturated rings. The number of aryl methyl sites for hydroxylation is 3. The monoisotopic (exact) mass is 449 g/mol. The topological polar surface area (TPSA) is 75.4 Å². The van der Waals surface area contributed by atoms with E-state index in [2.05, 4.69) is 4.98 Å². The van der Waals surface area contributed by atoms with E-state index in [9.17, 15) is 14.7 Å². The molecule has 7 heteroatoms. The predicted molar refractivity (Wildman–Crippen MR) is 123 cm³/mol. The van der Waals surface area contributed by atoms with E-state index in [0.717, 1.165) is 11.1 Å². The Morgan fingerprint density at radius 2 is 1.94 bits per heavy atom. The number of benzene rings is 2. The number of imidazole rings is 1. The lowest BCUT2D eigenvalue weighted by Crippen LogP contribution is -2.31. The van der Waals surface area contributed by atoms with Crippen molar-refractivity contribution < 1.29 is 14.7 Å². The predicted octanol–water partition coefficient (Wildman–Crippen LogP) is 4.67. The van der Waals surface area contributed by atoms with Crippen LogP contribution < -0.4 is 0 Å². The highest BCUT2D eigenvalue weighted by molar-refractivity contribution is 6.46. The number of ketones is 1. The molecule has 1 N–H and O–H groups in total. The molecule has 3 aromatic rings. The molecular formula is C25H24ClN3O3. The third-order valence-corrected chi connectivity index (χ3v) is 5.96. The Balaban J connectivity index is 1.78. The van der Waals surface area contributed by atoms with Crippen molar-refractivity contribution in [2.24, 2.45) is 0 Å². The summed E-state index contributed by atoms with van der Waals surface area (Å²) in [5, 5.41) is 11.7. The van der Waals surface area contributed by atoms with Crippen molar-refractivity contribution in [2.45, 2.75) is 32.9 Å². The van der Waals surface area contributed by atoms with Crippen LogP contribution in [-0.4, -0.2) is 37.8 Å². The highest BCUT2D eigenvalue weighted by Crippen LogP contribution is 2.40. The average Bonchev–Trinajstić information content (AvgIpc) is 3.37. The van der Waals surface area contributed by atoms with Crippen molar-refractivity contribution >= 4 is 29.1 Å². The summed E-state index contributed by atoms with van der Waals surface area (Å²) in [5.41, 5.74) is 3.10. The van der Waals surface area contributed by atoms with Crippen LogP contribution >= 0.6 is 11.6 Å². The van der Waals surface area contributed by atoms with Crippen LogP contribution in [0.15, 0.2) is 66.8 Å². The van der Waals surface area contributed by atoms with Gasteiger partial charge in [0.25, 0.3) is 11.7 Å². The maximum absolute atomic E-state index is 13.1. The summed E-state index contributed by atoms with van der Waals surface area (Å²) < 4.78 is 1.92. The zero-order valence-electron chi connectivity index (χ0n) is 18.0. The van der Waals surface area contributed by atoms with Gasteiger partial charge in [-0.1, -0.05) is 41.4 Å². The van der Waals surface area contributed by atoms with Gasteiger partial charge in [-0.15, -0.1) is 0 Å². The van der Waals surface area contributed by atoms with E-state index in [1.807, 2.05) is 48.9 Å². The fraction of sp³-hybridized carbons (Fsp3) is 0.240. The molecule has 2 aromatic carbocycles. The Morgan fingerprint density at radius 3 is 2.66 bits per heavy atom. The van der Waals surface area contributed by atoms with E-state index in [4.69, 9.17) is 11.6 Å². The zero-order valence-corrected chi connectivity index (χ0v) is 18.7. The number of carbonyl (C=O) groups is 2. The summed E-state index contributed by atoms with van der Waals surface area (Å²) in [6.07, 6.45) is 5.89. The molecule has 2 heterocycles. The van der Waals surface area contributed by atoms with Gasteiger partial charge in [0.15, 0.2) is 0 Å². The second-order valence-electron chi connectivity index (χ2n) is 8.02. The van der Waals surface area contributed by atoms with E-state index < -0.39 is 17.7 Å². The van der Waals surface area contributed by atoms with Gasteiger partial charge in [0.05, 0.1) is 17.9 Å². The number of aliphatic hydroxyl groups excluding tert-OH is 1. The standard InChI is InChI=1S/C25H24ClN3O3/c1-16-7-8-17(2)20(13-16)23(30)21-22(18-5-3-6-19(26)14-18)29(25(32)24(21)31)11-4-10-28-12-9-27-15-28/h3,5-9,12-15,22,30H,4,10-11H2,1-2H3/t22-/m0/s1. The fourth-order valence-electron chi connectivity index (χ4n) is 4.11. The zero-order chi connectivity index (χ0) is 22.8. The third kappa shape index (κ3) is 4.18. The lowest BCUT2D eigenvalue weighted by molar-refractivity contribution is -0.139. The van der Waals surface area contributed by atoms with Gasteiger partial charge in [0.1, 0.15) is 5.76 Å². The number of Topliss-reactive ketones (excluding diaryl/α,β-unsaturated/α-hetero) is 1. The van der Waals surface area contributed by atoms with Crippen LogP contribution in [0.4, 0.5) is 0 Å². The van der Waals surface area contributed by atoms with Crippen molar-refractivity contribution in [1.82, 2.24) is 14.5 Å². The molecule has 0 radical (unpaired) electrons. The number of likely N-dealkylation sites (tertiary alicyclic amines) is 1. The quantitative estimate of drug-likeness (QED) is 0.337. The maximum atomic E-state index is 13.1. The molecule has 1 atom stereocenters. The molecule has 0 saturated carbocycles. The van der Waals surface area contributed by atoms with E-state index in [1.54, 1.807) is 30.7 Å². The molecule has 0 unspecified atom stereocenters. The lowest BCUT2D eigenvalue weighted by Gasteiger charge is -2.25. The van der Waals surface area contributed by atoms with Crippen molar-refractivity contribution in [2.75, 3.05) is 6.54 Å². The Morgan fingerprint density at radius 1 is 1.12 bits per heavy atom. The summed E-state index contributed by atoms with van der Waals surface area (Å²) in [6.45, 7) is 4.79. The van der Waals surface area contributed by atoms with Gasteiger partial charge in [-0.3, -0.25) is 9.59 Å². The first-order chi connectivity index (χ1) is 15.4. The largest absolute Gasteiger partial charge is 0.507 e. The number of aromatic nitrogens is 2. The number of aliphatic hydroxyl groups is 1. The van der Waals surface area contributed by atoms with Gasteiger partial charge in [-0.05, 0) is 49.6 Å². The third-order valence-electron chi connectivity index (χ3n) is 5.73. The van der Waals surface area contributed by atoms with Gasteiger partial charge in [0, 0.05) is 36.1 Å². The maximum Gasteiger partial charge on any atom is 0.295 e. The van der Waals surface area contributed by atoms with E-state index in [1.165, 1.54) is 4.90 Å². The summed E-state index contributed by atoms with van der Waals surface area (Å²) in [6, 6.07) is 12.0. The summed E-state index contributed by atoms with van der Waals surface area (Å²) in [7, 11) is 0. The second-order valence-corrected chi connectivity index (χ2v) is 8.46. The van der Waals surface area contributed by atoms with Gasteiger partial charge in [0.2, 0.25) is 0 Å². The first-order valence-electron chi connectivity index (χ1n) is 10.4. The summed E-state index contributed by atoms with van der Waals surface area (Å²) in [4.78, 5) is 31.7. The Hall–Kier alpha value is -3.38. The molecule has 1 amide bonds. The molecule has 1 aliphatic rings. The highest BCUT2D eigenvalue weighted by Gasteiger charge is 2.45. The van der Waals surface area contributed by atoms with Crippen LogP contribution in [0.25, 0.3) is 5.76 Å². The molecule has 0 spiro atoms. The SMILES string of the molecule is Cc1ccc(C)c(C(O)=C2C(=O)C(=O)N(CCCn3ccnc3)[C@H]2c2cccc(Cl)c2)c1. The number of hydrogen-bond donors (Lipinski definition) is 1. The van der Waals surface area contributed by atoms with Gasteiger partial charge in [-0.2, -0.15) is 0 Å². The number of hydrogen-bond acceptors (Lipinski definition) is 4. The normalized spacial score (nSPS) is 17.8. The first kappa shape index (κ1) is 21.8. The van der Waals surface area contributed by atoms with Crippen molar-refractivity contribution in [1.29, 1.82) is 0 Å². The van der Waals surface area contributed by atoms with Crippen LogP contribution in [0.1, 0.15) is 34.7 Å². The minimum atomic E-state index is -0.712. The van der Waals surface area contributed by atoms with Crippen LogP contribution in [0.3, 0.4) is 0 Å². The average molecular weight is 450 g/mol. The van der Waals surface area contributed by atoms with Gasteiger partial charge in [-0.25, -0.2) is 4.98 Å². The smallest absolute Gasteiger partial charge is 0.295 e. The summed E-state index contributed by atoms with van der Waals surface area (Å²) in [5.74, 6) is -1.46. The molecule has 6 nitrogen and oxygen atoms in total. The van der Waals surface area contributed by atoms with Crippen molar-refractivity contribution in [3.8, 4) is 0 Å². The highest BCUT2D eigenvalue weighted by atomic mass is 35.5. The van der Waals surface area contributed by atoms with Gasteiger partial charge >= 0.3 is 0 Å². The molecule has 4 rings (SSSR count). The number of rotatable bonds is 6. The molecule has 1 saturated heterocycles. The molecule has 0 aliphatic carbocycles. The Labute approximate surface area is 191 Å². The lowest BCUT2D eigenvalue weighted by atomic mass is 9.93. The van der Waals surface area contributed by atoms with E-state index >= 15 is 0 Å². The Kier molecular flexibility index (Phi) is 6.15. The molecular weight excluding hydrogens is 426 g/mol. The van der Waals surface area contributed by atoms with E-state index in [0.29, 0.717) is 35.7 Å². The molecule has 1 aliphatic heterocycles. The summed E-state index contributed by atoms with van der Waals surface area (Å²) >= 11 is 6.23. The number of halogens is 1. The molecule has 1 aromatic heterocycles. The number of carbonyl (C=O) groups excluding carboxylic acids is 2. The molecule has 164 valence electrons. The van der Waals surface area contributed by atoms with Crippen LogP contribution in [0.5, 0.6) is 0 Å². The Bertz CT molecular complexity index is 1200. The van der Waals surface area contributed by atoms with Crippen molar-refractivity contribution in [3.05, 3.63) is 94.0 Å². The van der Waals surface area contributed by atoms with Crippen molar-refractivity contribution in [3.63, 3.8) is 0 Å². The van der Waals surface area contributed by atoms with Crippen LogP contribution in [-0.2, 0) is 16.1 Å². The molecule has 0 bridgehead atoms. The number of amides is 1.